The number of morpholine rings is 1. The number of ether oxygens (including phenoxy) is 1. The number of amides is 1. The average Bonchev–Trinajstić information content (AvgIpc) is 3.67. The molecule has 9 heteroatoms. The van der Waals surface area contributed by atoms with Gasteiger partial charge in [0.05, 0.1) is 30.9 Å². The summed E-state index contributed by atoms with van der Waals surface area (Å²) in [5.41, 5.74) is 6.25. The maximum atomic E-state index is 12.1. The molecule has 0 radical (unpaired) electrons. The van der Waals surface area contributed by atoms with E-state index in [2.05, 4.69) is 50.5 Å². The zero-order chi connectivity index (χ0) is 25.4. The van der Waals surface area contributed by atoms with Gasteiger partial charge in [-0.2, -0.15) is 0 Å². The Morgan fingerprint density at radius 2 is 2.05 bits per heavy atom. The maximum absolute atomic E-state index is 12.1. The van der Waals surface area contributed by atoms with Crippen molar-refractivity contribution in [3.05, 3.63) is 71.4 Å². The van der Waals surface area contributed by atoms with Gasteiger partial charge < -0.3 is 19.9 Å². The first kappa shape index (κ1) is 23.9. The SMILES string of the molecule is CC1C=C2CCC(Nc3nccc(C4=CC=C(N5CCOCC5)N5CC5C=C4)n3)CC2=CC1C(=O)NO. The lowest BCUT2D eigenvalue weighted by Crippen LogP contribution is -2.38. The van der Waals surface area contributed by atoms with E-state index in [9.17, 15) is 4.79 Å². The lowest BCUT2D eigenvalue weighted by atomic mass is 9.76. The van der Waals surface area contributed by atoms with Crippen LogP contribution in [0.5, 0.6) is 0 Å². The van der Waals surface area contributed by atoms with Gasteiger partial charge in [-0.25, -0.2) is 15.4 Å². The van der Waals surface area contributed by atoms with Gasteiger partial charge in [0.15, 0.2) is 0 Å². The first-order valence-corrected chi connectivity index (χ1v) is 13.2. The second-order valence-electron chi connectivity index (χ2n) is 10.4. The van der Waals surface area contributed by atoms with Crippen molar-refractivity contribution < 1.29 is 14.7 Å². The first-order chi connectivity index (χ1) is 18.1. The van der Waals surface area contributed by atoms with E-state index in [1.54, 1.807) is 0 Å². The third kappa shape index (κ3) is 5.06. The first-order valence-electron chi connectivity index (χ1n) is 13.2. The molecule has 0 spiro atoms. The summed E-state index contributed by atoms with van der Waals surface area (Å²) in [7, 11) is 0. The van der Waals surface area contributed by atoms with E-state index in [-0.39, 0.29) is 23.8 Å². The second kappa shape index (κ2) is 10.1. The molecule has 3 N–H and O–H groups in total. The molecule has 37 heavy (non-hydrogen) atoms. The van der Waals surface area contributed by atoms with E-state index < -0.39 is 0 Å². The molecule has 4 unspecified atom stereocenters. The van der Waals surface area contributed by atoms with Crippen LogP contribution in [0.15, 0.2) is 65.7 Å². The lowest BCUT2D eigenvalue weighted by molar-refractivity contribution is -0.132. The zero-order valence-electron chi connectivity index (χ0n) is 21.1. The Bertz CT molecular complexity index is 1210. The number of hydrogen-bond donors (Lipinski definition) is 3. The van der Waals surface area contributed by atoms with Crippen molar-refractivity contribution in [2.45, 2.75) is 38.3 Å². The van der Waals surface area contributed by atoms with Crippen molar-refractivity contribution in [1.82, 2.24) is 25.2 Å². The highest BCUT2D eigenvalue weighted by Gasteiger charge is 2.36. The zero-order valence-corrected chi connectivity index (χ0v) is 21.1. The smallest absolute Gasteiger partial charge is 0.250 e. The molecule has 3 aliphatic heterocycles. The number of rotatable bonds is 5. The van der Waals surface area contributed by atoms with Crippen molar-refractivity contribution in [2.75, 3.05) is 38.2 Å². The minimum Gasteiger partial charge on any atom is -0.378 e. The fourth-order valence-corrected chi connectivity index (χ4v) is 5.79. The highest BCUT2D eigenvalue weighted by molar-refractivity contribution is 5.80. The molecule has 2 saturated heterocycles. The quantitative estimate of drug-likeness (QED) is 0.321. The molecule has 3 fully saturated rings. The molecular formula is C28H34N6O3. The van der Waals surface area contributed by atoms with Crippen LogP contribution in [0.3, 0.4) is 0 Å². The van der Waals surface area contributed by atoms with Gasteiger partial charge in [0, 0.05) is 37.4 Å². The van der Waals surface area contributed by atoms with Crippen LogP contribution < -0.4 is 10.8 Å². The number of anilines is 1. The van der Waals surface area contributed by atoms with Crippen LogP contribution in [0.4, 0.5) is 5.95 Å². The molecule has 9 nitrogen and oxygen atoms in total. The lowest BCUT2D eigenvalue weighted by Gasteiger charge is -2.33. The predicted octanol–water partition coefficient (Wildman–Crippen LogP) is 2.88. The van der Waals surface area contributed by atoms with Gasteiger partial charge in [-0.1, -0.05) is 31.2 Å². The summed E-state index contributed by atoms with van der Waals surface area (Å²) in [4.78, 5) is 26.3. The van der Waals surface area contributed by atoms with Crippen molar-refractivity contribution >= 4 is 17.4 Å². The second-order valence-corrected chi connectivity index (χ2v) is 10.4. The highest BCUT2D eigenvalue weighted by atomic mass is 16.5. The van der Waals surface area contributed by atoms with Crippen molar-refractivity contribution in [3.63, 3.8) is 0 Å². The molecule has 6 rings (SSSR count). The maximum Gasteiger partial charge on any atom is 0.250 e. The Balaban J connectivity index is 1.18. The number of allylic oxidation sites excluding steroid dienone is 6. The van der Waals surface area contributed by atoms with Gasteiger partial charge in [-0.3, -0.25) is 10.0 Å². The van der Waals surface area contributed by atoms with E-state index in [0.717, 1.165) is 63.4 Å². The minimum atomic E-state index is -0.359. The molecule has 4 atom stereocenters. The summed E-state index contributed by atoms with van der Waals surface area (Å²) in [5.74, 6) is 1.24. The summed E-state index contributed by atoms with van der Waals surface area (Å²) in [6, 6.07) is 2.57. The Labute approximate surface area is 217 Å². The number of nitrogens with zero attached hydrogens (tertiary/aromatic N) is 4. The van der Waals surface area contributed by atoms with Crippen LogP contribution in [-0.4, -0.2) is 75.8 Å². The monoisotopic (exact) mass is 502 g/mol. The van der Waals surface area contributed by atoms with E-state index in [0.29, 0.717) is 12.0 Å². The van der Waals surface area contributed by atoms with E-state index in [1.807, 2.05) is 30.7 Å². The highest BCUT2D eigenvalue weighted by Crippen LogP contribution is 2.38. The number of carbonyl (C=O) groups excluding carboxylic acids is 1. The van der Waals surface area contributed by atoms with Gasteiger partial charge in [0.25, 0.3) is 5.91 Å². The molecule has 2 aliphatic carbocycles. The Hall–Kier alpha value is -3.43. The predicted molar refractivity (Wildman–Crippen MR) is 140 cm³/mol. The molecule has 1 amide bonds. The van der Waals surface area contributed by atoms with Gasteiger partial charge in [-0.15, -0.1) is 0 Å². The third-order valence-corrected chi connectivity index (χ3v) is 7.94. The van der Waals surface area contributed by atoms with Gasteiger partial charge in [0.2, 0.25) is 5.95 Å². The molecule has 194 valence electrons. The van der Waals surface area contributed by atoms with Crippen LogP contribution in [0, 0.1) is 11.8 Å². The number of carbonyl (C=O) groups is 1. The summed E-state index contributed by atoms with van der Waals surface area (Å²) >= 11 is 0. The minimum absolute atomic E-state index is 0.0704. The van der Waals surface area contributed by atoms with E-state index in [1.165, 1.54) is 17.0 Å². The fraction of sp³-hybridized carbons (Fsp3) is 0.464. The standard InChI is InChI=1S/C28H34N6O3/c1-18-14-20-2-5-22(15-21(20)16-24(18)27(35)32-36)30-28-29-9-8-25(31-28)19-3-6-23-17-34(23)26(7-4-19)33-10-12-37-13-11-33/h3-4,6-9,14,16,18,22-24,36H,2,5,10-13,15,17H2,1H3,(H,32,35)(H,29,30,31). The average molecular weight is 503 g/mol. The third-order valence-electron chi connectivity index (χ3n) is 7.94. The van der Waals surface area contributed by atoms with Crippen molar-refractivity contribution in [3.8, 4) is 0 Å². The molecule has 4 heterocycles. The van der Waals surface area contributed by atoms with Crippen LogP contribution in [-0.2, 0) is 9.53 Å². The molecule has 1 aromatic rings. The van der Waals surface area contributed by atoms with Crippen LogP contribution >= 0.6 is 0 Å². The van der Waals surface area contributed by atoms with E-state index >= 15 is 0 Å². The molecule has 1 aromatic heterocycles. The summed E-state index contributed by atoms with van der Waals surface area (Å²) in [6.45, 7) is 6.44. The fourth-order valence-electron chi connectivity index (χ4n) is 5.79. The van der Waals surface area contributed by atoms with Crippen molar-refractivity contribution in [1.29, 1.82) is 0 Å². The molecule has 0 bridgehead atoms. The Morgan fingerprint density at radius 3 is 2.89 bits per heavy atom. The van der Waals surface area contributed by atoms with Crippen molar-refractivity contribution in [2.24, 2.45) is 11.8 Å². The molecular weight excluding hydrogens is 468 g/mol. The largest absolute Gasteiger partial charge is 0.378 e. The number of hydrogen-bond acceptors (Lipinski definition) is 8. The number of nitrogens with one attached hydrogen (secondary N) is 2. The number of aromatic nitrogens is 2. The van der Waals surface area contributed by atoms with Crippen LogP contribution in [0.1, 0.15) is 31.9 Å². The Morgan fingerprint density at radius 1 is 1.19 bits per heavy atom. The Kier molecular flexibility index (Phi) is 6.56. The normalized spacial score (nSPS) is 28.9. The van der Waals surface area contributed by atoms with Gasteiger partial charge >= 0.3 is 0 Å². The molecule has 0 aromatic carbocycles. The number of hydroxylamine groups is 1. The summed E-state index contributed by atoms with van der Waals surface area (Å²) < 4.78 is 5.54. The van der Waals surface area contributed by atoms with Gasteiger partial charge in [-0.05, 0) is 54.5 Å². The molecule has 1 saturated carbocycles. The topological polar surface area (TPSA) is 103 Å². The van der Waals surface area contributed by atoms with Crippen LogP contribution in [0.2, 0.25) is 0 Å². The summed E-state index contributed by atoms with van der Waals surface area (Å²) in [6.07, 6.45) is 17.5. The van der Waals surface area contributed by atoms with E-state index in [4.69, 9.17) is 14.9 Å². The van der Waals surface area contributed by atoms with Crippen LogP contribution in [0.25, 0.3) is 5.57 Å². The number of fused-ring (bicyclic) bond motifs is 2. The summed E-state index contributed by atoms with van der Waals surface area (Å²) in [5, 5.41) is 12.6. The van der Waals surface area contributed by atoms with Gasteiger partial charge in [0.1, 0.15) is 5.82 Å². The molecule has 5 aliphatic rings.